The molecule has 5 N–H and O–H groups in total. The normalized spacial score (nSPS) is 10.2. The van der Waals surface area contributed by atoms with Crippen molar-refractivity contribution < 1.29 is 0 Å². The Morgan fingerprint density at radius 3 is 2.59 bits per heavy atom. The molecule has 0 aliphatic heterocycles. The molecule has 0 saturated heterocycles. The molecule has 88 valence electrons. The second-order valence-corrected chi connectivity index (χ2v) is 4.65. The van der Waals surface area contributed by atoms with Gasteiger partial charge in [-0.3, -0.25) is 0 Å². The van der Waals surface area contributed by atoms with Gasteiger partial charge in [-0.25, -0.2) is 0 Å². The fraction of sp³-hybridized carbons (Fsp3) is 0.0769. The number of halogens is 1. The second kappa shape index (κ2) is 5.10. The fourth-order valence-electron chi connectivity index (χ4n) is 1.57. The van der Waals surface area contributed by atoms with Gasteiger partial charge in [0.25, 0.3) is 0 Å². The Bertz CT molecular complexity index is 526. The molecule has 2 aromatic carbocycles. The highest BCUT2D eigenvalue weighted by Gasteiger charge is 2.01. The summed E-state index contributed by atoms with van der Waals surface area (Å²) in [7, 11) is 0. The first-order chi connectivity index (χ1) is 8.16. The predicted molar refractivity (Wildman–Crippen MR) is 76.7 cm³/mol. The first-order valence-corrected chi connectivity index (χ1v) is 6.08. The lowest BCUT2D eigenvalue weighted by molar-refractivity contribution is 1.15. The highest BCUT2D eigenvalue weighted by Crippen LogP contribution is 2.23. The molecule has 0 aliphatic carbocycles. The van der Waals surface area contributed by atoms with E-state index in [0.717, 1.165) is 27.1 Å². The number of benzene rings is 2. The highest BCUT2D eigenvalue weighted by molar-refractivity contribution is 9.10. The van der Waals surface area contributed by atoms with Gasteiger partial charge in [0.05, 0.1) is 0 Å². The van der Waals surface area contributed by atoms with Gasteiger partial charge in [-0.2, -0.15) is 0 Å². The molecule has 0 heterocycles. The van der Waals surface area contributed by atoms with Crippen LogP contribution in [0.25, 0.3) is 0 Å². The van der Waals surface area contributed by atoms with Crippen molar-refractivity contribution in [3.8, 4) is 0 Å². The van der Waals surface area contributed by atoms with E-state index in [9.17, 15) is 0 Å². The number of hydrogen-bond acceptors (Lipinski definition) is 3. The molecule has 0 bridgehead atoms. The minimum Gasteiger partial charge on any atom is -0.399 e. The summed E-state index contributed by atoms with van der Waals surface area (Å²) in [5.74, 6) is 0. The Morgan fingerprint density at radius 2 is 1.82 bits per heavy atom. The van der Waals surface area contributed by atoms with Crippen LogP contribution in [-0.4, -0.2) is 0 Å². The molecule has 2 aromatic rings. The van der Waals surface area contributed by atoms with Crippen LogP contribution in [0.2, 0.25) is 0 Å². The molecule has 0 fully saturated rings. The molecule has 0 saturated carbocycles. The first kappa shape index (κ1) is 11.8. The van der Waals surface area contributed by atoms with Gasteiger partial charge in [-0.15, -0.1) is 0 Å². The zero-order valence-electron chi connectivity index (χ0n) is 9.28. The average molecular weight is 292 g/mol. The van der Waals surface area contributed by atoms with Crippen LogP contribution in [-0.2, 0) is 6.54 Å². The summed E-state index contributed by atoms with van der Waals surface area (Å²) in [4.78, 5) is 0. The highest BCUT2D eigenvalue weighted by atomic mass is 79.9. The van der Waals surface area contributed by atoms with Gasteiger partial charge in [-0.1, -0.05) is 12.1 Å². The Labute approximate surface area is 109 Å². The van der Waals surface area contributed by atoms with Crippen LogP contribution in [0, 0.1) is 0 Å². The van der Waals surface area contributed by atoms with Crippen LogP contribution >= 0.6 is 15.9 Å². The van der Waals surface area contributed by atoms with Gasteiger partial charge in [0.2, 0.25) is 0 Å². The predicted octanol–water partition coefficient (Wildman–Crippen LogP) is 3.23. The Kier molecular flexibility index (Phi) is 3.54. The molecule has 3 nitrogen and oxygen atoms in total. The number of anilines is 3. The lowest BCUT2D eigenvalue weighted by Crippen LogP contribution is -2.04. The molecular weight excluding hydrogens is 278 g/mol. The lowest BCUT2D eigenvalue weighted by Gasteiger charge is -2.10. The van der Waals surface area contributed by atoms with E-state index < -0.39 is 0 Å². The number of nitrogens with one attached hydrogen (secondary N) is 1. The largest absolute Gasteiger partial charge is 0.399 e. The molecule has 4 heteroatoms. The molecule has 2 rings (SSSR count). The van der Waals surface area contributed by atoms with E-state index >= 15 is 0 Å². The van der Waals surface area contributed by atoms with E-state index in [0.29, 0.717) is 6.54 Å². The maximum absolute atomic E-state index is 5.88. The minimum atomic E-state index is 0.652. The van der Waals surface area contributed by atoms with Crippen molar-refractivity contribution in [3.05, 3.63) is 52.5 Å². The van der Waals surface area contributed by atoms with E-state index in [1.165, 1.54) is 0 Å². The number of rotatable bonds is 3. The third kappa shape index (κ3) is 2.91. The van der Waals surface area contributed by atoms with Gasteiger partial charge in [0.15, 0.2) is 0 Å². The first-order valence-electron chi connectivity index (χ1n) is 5.29. The second-order valence-electron chi connectivity index (χ2n) is 3.79. The number of nitrogen functional groups attached to an aromatic ring is 2. The standard InChI is InChI=1S/C13H14BrN3/c14-11-3-1-2-4-13(11)17-8-9-7-10(15)5-6-12(9)16/h1-7,17H,8,15-16H2. The van der Waals surface area contributed by atoms with Gasteiger partial charge in [-0.05, 0) is 51.8 Å². The van der Waals surface area contributed by atoms with Crippen LogP contribution in [0.3, 0.4) is 0 Å². The summed E-state index contributed by atoms with van der Waals surface area (Å²) < 4.78 is 1.03. The Hall–Kier alpha value is -1.68. The summed E-state index contributed by atoms with van der Waals surface area (Å²) in [6.45, 7) is 0.652. The van der Waals surface area contributed by atoms with E-state index in [1.54, 1.807) is 6.07 Å². The molecule has 0 aromatic heterocycles. The zero-order valence-corrected chi connectivity index (χ0v) is 10.9. The van der Waals surface area contributed by atoms with Crippen LogP contribution in [0.4, 0.5) is 17.1 Å². The van der Waals surface area contributed by atoms with Crippen molar-refractivity contribution in [2.45, 2.75) is 6.54 Å². The monoisotopic (exact) mass is 291 g/mol. The molecule has 0 amide bonds. The maximum atomic E-state index is 5.88. The summed E-state index contributed by atoms with van der Waals surface area (Å²) >= 11 is 3.48. The van der Waals surface area contributed by atoms with Crippen molar-refractivity contribution in [1.82, 2.24) is 0 Å². The number of hydrogen-bond donors (Lipinski definition) is 3. The SMILES string of the molecule is Nc1ccc(N)c(CNc2ccccc2Br)c1. The maximum Gasteiger partial charge on any atom is 0.0487 e. The third-order valence-corrected chi connectivity index (χ3v) is 3.20. The van der Waals surface area contributed by atoms with E-state index in [2.05, 4.69) is 21.2 Å². The van der Waals surface area contributed by atoms with Crippen molar-refractivity contribution in [3.63, 3.8) is 0 Å². The van der Waals surface area contributed by atoms with Gasteiger partial charge in [0.1, 0.15) is 0 Å². The third-order valence-electron chi connectivity index (χ3n) is 2.51. The summed E-state index contributed by atoms with van der Waals surface area (Å²) in [5.41, 5.74) is 15.1. The molecule has 0 atom stereocenters. The molecule has 0 spiro atoms. The summed E-state index contributed by atoms with van der Waals surface area (Å²) in [5, 5.41) is 3.31. The van der Waals surface area contributed by atoms with E-state index in [4.69, 9.17) is 11.5 Å². The molecule has 0 radical (unpaired) electrons. The quantitative estimate of drug-likeness (QED) is 0.761. The lowest BCUT2D eigenvalue weighted by atomic mass is 10.1. The van der Waals surface area contributed by atoms with Crippen LogP contribution in [0.5, 0.6) is 0 Å². The van der Waals surface area contributed by atoms with Crippen molar-refractivity contribution in [1.29, 1.82) is 0 Å². The van der Waals surface area contributed by atoms with Crippen LogP contribution < -0.4 is 16.8 Å². The molecular formula is C13H14BrN3. The number of nitrogens with two attached hydrogens (primary N) is 2. The molecule has 17 heavy (non-hydrogen) atoms. The Morgan fingerprint density at radius 1 is 1.06 bits per heavy atom. The van der Waals surface area contributed by atoms with Crippen LogP contribution in [0.15, 0.2) is 46.9 Å². The number of para-hydroxylation sites is 1. The topological polar surface area (TPSA) is 64.1 Å². The van der Waals surface area contributed by atoms with Crippen molar-refractivity contribution in [2.75, 3.05) is 16.8 Å². The van der Waals surface area contributed by atoms with Crippen LogP contribution in [0.1, 0.15) is 5.56 Å². The minimum absolute atomic E-state index is 0.652. The van der Waals surface area contributed by atoms with E-state index in [1.807, 2.05) is 36.4 Å². The van der Waals surface area contributed by atoms with Crippen molar-refractivity contribution in [2.24, 2.45) is 0 Å². The molecule has 0 unspecified atom stereocenters. The molecule has 0 aliphatic rings. The average Bonchev–Trinajstić information content (AvgIpc) is 2.32. The summed E-state index contributed by atoms with van der Waals surface area (Å²) in [6, 6.07) is 13.5. The van der Waals surface area contributed by atoms with Gasteiger partial charge in [0, 0.05) is 28.1 Å². The smallest absolute Gasteiger partial charge is 0.0487 e. The van der Waals surface area contributed by atoms with Crippen molar-refractivity contribution >= 4 is 33.0 Å². The van der Waals surface area contributed by atoms with Gasteiger partial charge >= 0.3 is 0 Å². The fourth-order valence-corrected chi connectivity index (χ4v) is 2.00. The van der Waals surface area contributed by atoms with E-state index in [-0.39, 0.29) is 0 Å². The van der Waals surface area contributed by atoms with Gasteiger partial charge < -0.3 is 16.8 Å². The Balaban J connectivity index is 2.12. The summed E-state index contributed by atoms with van der Waals surface area (Å²) in [6.07, 6.45) is 0. The zero-order chi connectivity index (χ0) is 12.3.